The summed E-state index contributed by atoms with van der Waals surface area (Å²) in [6.07, 6.45) is 3.96. The number of nitrogens with zero attached hydrogens (tertiary/aromatic N) is 1. The molecule has 2 amide bonds. The average Bonchev–Trinajstić information content (AvgIpc) is 3.03. The van der Waals surface area contributed by atoms with Gasteiger partial charge in [0.1, 0.15) is 0 Å². The van der Waals surface area contributed by atoms with Crippen molar-refractivity contribution in [3.8, 4) is 0 Å². The Morgan fingerprint density at radius 3 is 2.77 bits per heavy atom. The Morgan fingerprint density at radius 1 is 1.31 bits per heavy atom. The third-order valence-electron chi connectivity index (χ3n) is 5.62. The van der Waals surface area contributed by atoms with Crippen molar-refractivity contribution < 1.29 is 9.59 Å². The molecule has 1 atom stereocenters. The number of rotatable bonds is 4. The summed E-state index contributed by atoms with van der Waals surface area (Å²) >= 11 is 0. The molecule has 0 bridgehead atoms. The summed E-state index contributed by atoms with van der Waals surface area (Å²) < 4.78 is 0. The van der Waals surface area contributed by atoms with Crippen LogP contribution in [0.3, 0.4) is 0 Å². The van der Waals surface area contributed by atoms with Gasteiger partial charge < -0.3 is 15.5 Å². The van der Waals surface area contributed by atoms with Gasteiger partial charge in [-0.2, -0.15) is 0 Å². The summed E-state index contributed by atoms with van der Waals surface area (Å²) in [7, 11) is 0. The molecule has 2 heterocycles. The molecule has 1 aromatic rings. The van der Waals surface area contributed by atoms with Crippen LogP contribution in [0.4, 0.5) is 5.69 Å². The molecule has 2 fully saturated rings. The van der Waals surface area contributed by atoms with Crippen LogP contribution >= 0.6 is 0 Å². The van der Waals surface area contributed by atoms with Gasteiger partial charge in [0.25, 0.3) is 5.91 Å². The lowest BCUT2D eigenvalue weighted by atomic mass is 9.79. The van der Waals surface area contributed by atoms with E-state index in [-0.39, 0.29) is 17.2 Å². The second kappa shape index (κ2) is 7.78. The van der Waals surface area contributed by atoms with E-state index in [2.05, 4.69) is 10.6 Å². The fourth-order valence-corrected chi connectivity index (χ4v) is 4.22. The summed E-state index contributed by atoms with van der Waals surface area (Å²) in [6, 6.07) is 5.60. The van der Waals surface area contributed by atoms with Crippen molar-refractivity contribution in [3.63, 3.8) is 0 Å². The van der Waals surface area contributed by atoms with Crippen LogP contribution in [0.2, 0.25) is 0 Å². The van der Waals surface area contributed by atoms with Gasteiger partial charge in [-0.25, -0.2) is 0 Å². The number of benzene rings is 1. The maximum absolute atomic E-state index is 13.0. The first kappa shape index (κ1) is 18.9. The maximum Gasteiger partial charge on any atom is 0.253 e. The second-order valence-electron chi connectivity index (χ2n) is 8.43. The quantitative estimate of drug-likeness (QED) is 0.870. The Morgan fingerprint density at radius 2 is 2.12 bits per heavy atom. The number of hydrogen-bond donors (Lipinski definition) is 2. The Hall–Kier alpha value is -1.88. The monoisotopic (exact) mass is 357 g/mol. The number of piperidine rings is 1. The third-order valence-corrected chi connectivity index (χ3v) is 5.62. The van der Waals surface area contributed by atoms with Crippen molar-refractivity contribution in [1.29, 1.82) is 0 Å². The van der Waals surface area contributed by atoms with Gasteiger partial charge in [0.15, 0.2) is 0 Å². The van der Waals surface area contributed by atoms with Crippen LogP contribution in [0.1, 0.15) is 55.5 Å². The first-order valence-electron chi connectivity index (χ1n) is 9.79. The smallest absolute Gasteiger partial charge is 0.253 e. The third kappa shape index (κ3) is 4.26. The van der Waals surface area contributed by atoms with Crippen molar-refractivity contribution >= 4 is 17.5 Å². The number of nitrogens with one attached hydrogen (secondary N) is 2. The number of anilines is 1. The largest absolute Gasteiger partial charge is 0.338 e. The van der Waals surface area contributed by atoms with Gasteiger partial charge in [-0.05, 0) is 62.4 Å². The molecule has 3 rings (SSSR count). The minimum atomic E-state index is 0.0221. The zero-order chi connectivity index (χ0) is 18.7. The predicted octanol–water partition coefficient (Wildman–Crippen LogP) is 3.20. The molecule has 0 aliphatic carbocycles. The maximum atomic E-state index is 13.0. The fraction of sp³-hybridized carbons (Fsp3) is 0.619. The molecule has 0 aromatic heterocycles. The highest BCUT2D eigenvalue weighted by Crippen LogP contribution is 2.36. The van der Waals surface area contributed by atoms with E-state index < -0.39 is 0 Å². The van der Waals surface area contributed by atoms with Crippen LogP contribution in [0.25, 0.3) is 0 Å². The van der Waals surface area contributed by atoms with Crippen LogP contribution in [0, 0.1) is 18.3 Å². The van der Waals surface area contributed by atoms with E-state index in [1.165, 1.54) is 6.42 Å². The number of hydrogen-bond acceptors (Lipinski definition) is 3. The van der Waals surface area contributed by atoms with Gasteiger partial charge in [-0.1, -0.05) is 13.8 Å². The zero-order valence-electron chi connectivity index (χ0n) is 16.2. The molecule has 2 N–H and O–H groups in total. The zero-order valence-corrected chi connectivity index (χ0v) is 16.2. The molecule has 26 heavy (non-hydrogen) atoms. The van der Waals surface area contributed by atoms with Crippen LogP contribution in [-0.4, -0.2) is 42.9 Å². The number of likely N-dealkylation sites (tertiary alicyclic amines) is 1. The Labute approximate surface area is 156 Å². The molecule has 2 aliphatic rings. The molecular weight excluding hydrogens is 326 g/mol. The van der Waals surface area contributed by atoms with E-state index in [0.717, 1.165) is 50.3 Å². The molecule has 1 unspecified atom stereocenters. The first-order valence-corrected chi connectivity index (χ1v) is 9.79. The van der Waals surface area contributed by atoms with E-state index in [1.54, 1.807) is 0 Å². The topological polar surface area (TPSA) is 61.4 Å². The lowest BCUT2D eigenvalue weighted by Crippen LogP contribution is -2.47. The lowest BCUT2D eigenvalue weighted by molar-refractivity contribution is -0.116. The molecule has 1 aromatic carbocycles. The highest BCUT2D eigenvalue weighted by molar-refractivity contribution is 5.96. The summed E-state index contributed by atoms with van der Waals surface area (Å²) in [6.45, 7) is 9.78. The highest BCUT2D eigenvalue weighted by Gasteiger charge is 2.39. The predicted molar refractivity (Wildman–Crippen MR) is 104 cm³/mol. The van der Waals surface area contributed by atoms with Crippen molar-refractivity contribution in [2.75, 3.05) is 31.5 Å². The van der Waals surface area contributed by atoms with E-state index in [0.29, 0.717) is 17.9 Å². The van der Waals surface area contributed by atoms with Crippen molar-refractivity contribution in [3.05, 3.63) is 29.3 Å². The highest BCUT2D eigenvalue weighted by atomic mass is 16.2. The second-order valence-corrected chi connectivity index (χ2v) is 8.43. The van der Waals surface area contributed by atoms with Gasteiger partial charge in [0.2, 0.25) is 5.91 Å². The van der Waals surface area contributed by atoms with Gasteiger partial charge in [0.05, 0.1) is 0 Å². The number of aryl methyl sites for hydroxylation is 1. The normalized spacial score (nSPS) is 22.8. The molecule has 142 valence electrons. The number of carbonyl (C=O) groups is 2. The van der Waals surface area contributed by atoms with Gasteiger partial charge in [-0.3, -0.25) is 9.59 Å². The van der Waals surface area contributed by atoms with Crippen molar-refractivity contribution in [1.82, 2.24) is 10.2 Å². The van der Waals surface area contributed by atoms with Gasteiger partial charge >= 0.3 is 0 Å². The van der Waals surface area contributed by atoms with E-state index in [1.807, 2.05) is 43.9 Å². The summed E-state index contributed by atoms with van der Waals surface area (Å²) in [4.78, 5) is 27.0. The lowest BCUT2D eigenvalue weighted by Gasteiger charge is -2.40. The SMILES string of the molecule is Cc1cc(C(=O)N2CCCC3(CCNC3)C2)ccc1NC(=O)CC(C)C. The van der Waals surface area contributed by atoms with E-state index in [9.17, 15) is 9.59 Å². The van der Waals surface area contributed by atoms with E-state index in [4.69, 9.17) is 0 Å². The van der Waals surface area contributed by atoms with Crippen LogP contribution in [-0.2, 0) is 4.79 Å². The van der Waals surface area contributed by atoms with Crippen LogP contribution in [0.15, 0.2) is 18.2 Å². The van der Waals surface area contributed by atoms with Gasteiger partial charge in [-0.15, -0.1) is 0 Å². The molecule has 5 heteroatoms. The van der Waals surface area contributed by atoms with Crippen molar-refractivity contribution in [2.24, 2.45) is 11.3 Å². The minimum Gasteiger partial charge on any atom is -0.338 e. The molecular formula is C21H31N3O2. The summed E-state index contributed by atoms with van der Waals surface area (Å²) in [5.41, 5.74) is 2.71. The Bertz CT molecular complexity index is 678. The molecule has 2 aliphatic heterocycles. The molecule has 0 radical (unpaired) electrons. The number of amides is 2. The molecule has 5 nitrogen and oxygen atoms in total. The van der Waals surface area contributed by atoms with Crippen LogP contribution < -0.4 is 10.6 Å². The molecule has 0 saturated carbocycles. The average molecular weight is 357 g/mol. The minimum absolute atomic E-state index is 0.0221. The summed E-state index contributed by atoms with van der Waals surface area (Å²) in [5.74, 6) is 0.459. The standard InChI is InChI=1S/C21H31N3O2/c1-15(2)11-19(25)23-18-6-5-17(12-16(18)3)20(26)24-10-4-7-21(14-24)8-9-22-13-21/h5-6,12,15,22H,4,7-11,13-14H2,1-3H3,(H,23,25). The van der Waals surface area contributed by atoms with E-state index >= 15 is 0 Å². The van der Waals surface area contributed by atoms with Crippen molar-refractivity contribution in [2.45, 2.75) is 46.5 Å². The summed E-state index contributed by atoms with van der Waals surface area (Å²) in [5, 5.41) is 6.41. The Kier molecular flexibility index (Phi) is 5.66. The first-order chi connectivity index (χ1) is 12.4. The Balaban J connectivity index is 1.68. The fourth-order valence-electron chi connectivity index (χ4n) is 4.22. The number of carbonyl (C=O) groups excluding carboxylic acids is 2. The molecule has 2 saturated heterocycles. The van der Waals surface area contributed by atoms with Crippen LogP contribution in [0.5, 0.6) is 0 Å². The molecule has 1 spiro atoms. The van der Waals surface area contributed by atoms with Gasteiger partial charge in [0, 0.05) is 42.7 Å².